The van der Waals surface area contributed by atoms with Gasteiger partial charge in [0.2, 0.25) is 11.8 Å². The van der Waals surface area contributed by atoms with Crippen LogP contribution in [-0.2, 0) is 21.9 Å². The van der Waals surface area contributed by atoms with E-state index in [0.717, 1.165) is 22.2 Å². The second kappa shape index (κ2) is 11.9. The molecule has 0 heterocycles. The number of benzene rings is 2. The summed E-state index contributed by atoms with van der Waals surface area (Å²) in [6.45, 7) is 4.83. The van der Waals surface area contributed by atoms with E-state index in [4.69, 9.17) is 0 Å². The first-order chi connectivity index (χ1) is 13.5. The van der Waals surface area contributed by atoms with E-state index in [2.05, 4.69) is 33.4 Å². The summed E-state index contributed by atoms with van der Waals surface area (Å²) in [6.07, 6.45) is 0.866. The van der Waals surface area contributed by atoms with Crippen molar-refractivity contribution < 1.29 is 9.59 Å². The van der Waals surface area contributed by atoms with E-state index in [9.17, 15) is 9.59 Å². The molecule has 2 rings (SSSR count). The number of hydrogen-bond donors (Lipinski definition) is 1. The first kappa shape index (κ1) is 22.5. The third-order valence-electron chi connectivity index (χ3n) is 4.30. The van der Waals surface area contributed by atoms with Gasteiger partial charge in [0.25, 0.3) is 0 Å². The van der Waals surface area contributed by atoms with Gasteiger partial charge in [-0.25, -0.2) is 0 Å². The van der Waals surface area contributed by atoms with Crippen LogP contribution in [0.4, 0.5) is 0 Å². The maximum absolute atomic E-state index is 13.0. The number of halogens is 1. The molecule has 0 aliphatic rings. The molecular weight excluding hydrogens is 436 g/mol. The van der Waals surface area contributed by atoms with Crippen molar-refractivity contribution in [3.05, 3.63) is 70.2 Å². The molecule has 0 saturated carbocycles. The molecular formula is C22H27BrN2O2S. The topological polar surface area (TPSA) is 49.4 Å². The second-order valence-corrected chi connectivity index (χ2v) is 8.50. The van der Waals surface area contributed by atoms with Crippen molar-refractivity contribution in [3.8, 4) is 0 Å². The van der Waals surface area contributed by atoms with Gasteiger partial charge in [-0.05, 0) is 36.6 Å². The summed E-state index contributed by atoms with van der Waals surface area (Å²) in [6, 6.07) is 17.4. The molecule has 0 bridgehead atoms. The van der Waals surface area contributed by atoms with Crippen LogP contribution in [0.1, 0.15) is 31.4 Å². The van der Waals surface area contributed by atoms with Crippen LogP contribution in [0.5, 0.6) is 0 Å². The summed E-state index contributed by atoms with van der Waals surface area (Å²) in [7, 11) is 0. The summed E-state index contributed by atoms with van der Waals surface area (Å²) in [5.74, 6) is 0.973. The third kappa shape index (κ3) is 7.32. The number of nitrogens with one attached hydrogen (secondary N) is 1. The lowest BCUT2D eigenvalue weighted by Crippen LogP contribution is -2.48. The lowest BCUT2D eigenvalue weighted by molar-refractivity contribution is -0.138. The van der Waals surface area contributed by atoms with Crippen LogP contribution in [0.25, 0.3) is 0 Å². The molecule has 28 heavy (non-hydrogen) atoms. The molecule has 1 unspecified atom stereocenters. The number of nitrogens with zero attached hydrogens (tertiary/aromatic N) is 1. The average Bonchev–Trinajstić information content (AvgIpc) is 2.70. The summed E-state index contributed by atoms with van der Waals surface area (Å²) < 4.78 is 0.957. The van der Waals surface area contributed by atoms with Crippen LogP contribution in [0.15, 0.2) is 59.1 Å². The lowest BCUT2D eigenvalue weighted by Gasteiger charge is -2.29. The zero-order valence-corrected chi connectivity index (χ0v) is 18.8. The van der Waals surface area contributed by atoms with E-state index >= 15 is 0 Å². The maximum Gasteiger partial charge on any atom is 0.242 e. The highest BCUT2D eigenvalue weighted by Crippen LogP contribution is 2.18. The summed E-state index contributed by atoms with van der Waals surface area (Å²) >= 11 is 5.04. The average molecular weight is 463 g/mol. The molecule has 0 aromatic heterocycles. The molecule has 150 valence electrons. The van der Waals surface area contributed by atoms with Crippen molar-refractivity contribution in [2.75, 3.05) is 12.3 Å². The number of rotatable bonds is 10. The van der Waals surface area contributed by atoms with Gasteiger partial charge in [-0.2, -0.15) is 0 Å². The first-order valence-electron chi connectivity index (χ1n) is 9.44. The van der Waals surface area contributed by atoms with E-state index in [1.807, 2.05) is 49.4 Å². The van der Waals surface area contributed by atoms with E-state index in [1.165, 1.54) is 5.56 Å². The molecule has 0 radical (unpaired) electrons. The molecule has 2 aromatic rings. The third-order valence-corrected chi connectivity index (χ3v) is 5.78. The van der Waals surface area contributed by atoms with Crippen molar-refractivity contribution in [1.82, 2.24) is 10.2 Å². The summed E-state index contributed by atoms with van der Waals surface area (Å²) in [4.78, 5) is 27.1. The predicted molar refractivity (Wildman–Crippen MR) is 120 cm³/mol. The van der Waals surface area contributed by atoms with Gasteiger partial charge >= 0.3 is 0 Å². The van der Waals surface area contributed by atoms with Gasteiger partial charge in [0, 0.05) is 23.3 Å². The number of carbonyl (C=O) groups excluding carboxylic acids is 2. The minimum atomic E-state index is -0.518. The fraction of sp³-hybridized carbons (Fsp3) is 0.364. The first-order valence-corrected chi connectivity index (χ1v) is 11.4. The number of carbonyl (C=O) groups is 2. The van der Waals surface area contributed by atoms with Crippen LogP contribution >= 0.6 is 27.7 Å². The normalized spacial score (nSPS) is 11.7. The molecule has 4 nitrogen and oxygen atoms in total. The minimum absolute atomic E-state index is 0.0277. The van der Waals surface area contributed by atoms with Crippen molar-refractivity contribution in [2.45, 2.75) is 38.6 Å². The quantitative estimate of drug-likeness (QED) is 0.559. The van der Waals surface area contributed by atoms with Crippen LogP contribution in [0.3, 0.4) is 0 Å². The zero-order chi connectivity index (χ0) is 20.4. The molecule has 6 heteroatoms. The van der Waals surface area contributed by atoms with Gasteiger partial charge in [0.15, 0.2) is 0 Å². The fourth-order valence-corrected chi connectivity index (χ4v) is 4.04. The molecule has 0 saturated heterocycles. The Labute approximate surface area is 180 Å². The Morgan fingerprint density at radius 2 is 1.82 bits per heavy atom. The molecule has 2 amide bonds. The Bertz CT molecular complexity index is 770. The zero-order valence-electron chi connectivity index (χ0n) is 16.4. The Kier molecular flexibility index (Phi) is 9.58. The number of amides is 2. The van der Waals surface area contributed by atoms with Gasteiger partial charge in [0.05, 0.1) is 5.75 Å². The van der Waals surface area contributed by atoms with Gasteiger partial charge in [-0.3, -0.25) is 9.59 Å². The molecule has 0 aliphatic carbocycles. The molecule has 0 spiro atoms. The van der Waals surface area contributed by atoms with Crippen molar-refractivity contribution in [1.29, 1.82) is 0 Å². The Hall–Kier alpha value is -1.79. The Morgan fingerprint density at radius 1 is 1.11 bits per heavy atom. The van der Waals surface area contributed by atoms with E-state index in [1.54, 1.807) is 23.6 Å². The monoisotopic (exact) mass is 462 g/mol. The Balaban J connectivity index is 2.04. The van der Waals surface area contributed by atoms with Crippen LogP contribution in [0, 0.1) is 0 Å². The smallest absolute Gasteiger partial charge is 0.242 e. The van der Waals surface area contributed by atoms with Gasteiger partial charge in [0.1, 0.15) is 6.04 Å². The van der Waals surface area contributed by atoms with E-state index in [-0.39, 0.29) is 11.8 Å². The van der Waals surface area contributed by atoms with Crippen LogP contribution < -0.4 is 5.32 Å². The van der Waals surface area contributed by atoms with Crippen molar-refractivity contribution >= 4 is 39.5 Å². The van der Waals surface area contributed by atoms with Crippen LogP contribution in [0.2, 0.25) is 0 Å². The van der Waals surface area contributed by atoms with E-state index < -0.39 is 6.04 Å². The minimum Gasteiger partial charge on any atom is -0.354 e. The van der Waals surface area contributed by atoms with Gasteiger partial charge in [-0.15, -0.1) is 11.8 Å². The van der Waals surface area contributed by atoms with Crippen molar-refractivity contribution in [2.24, 2.45) is 0 Å². The second-order valence-electron chi connectivity index (χ2n) is 6.60. The predicted octanol–water partition coefficient (Wildman–Crippen LogP) is 4.63. The van der Waals surface area contributed by atoms with Gasteiger partial charge in [-0.1, -0.05) is 65.3 Å². The van der Waals surface area contributed by atoms with Crippen molar-refractivity contribution in [3.63, 3.8) is 0 Å². The summed E-state index contributed by atoms with van der Waals surface area (Å²) in [5.41, 5.74) is 2.18. The SMILES string of the molecule is CCCNC(=O)C(C)N(Cc1cccc(Br)c1)C(=O)CSCc1ccccc1. The molecule has 0 aliphatic heterocycles. The largest absolute Gasteiger partial charge is 0.354 e. The lowest BCUT2D eigenvalue weighted by atomic mass is 10.1. The highest BCUT2D eigenvalue weighted by molar-refractivity contribution is 9.10. The summed E-state index contributed by atoms with van der Waals surface area (Å²) in [5, 5.41) is 2.90. The standard InChI is InChI=1S/C22H27BrN2O2S/c1-3-12-24-22(27)17(2)25(14-19-10-7-11-20(23)13-19)21(26)16-28-15-18-8-5-4-6-9-18/h4-11,13,17H,3,12,14-16H2,1-2H3,(H,24,27). The molecule has 0 fully saturated rings. The number of thioether (sulfide) groups is 1. The fourth-order valence-electron chi connectivity index (χ4n) is 2.72. The Morgan fingerprint density at radius 3 is 2.50 bits per heavy atom. The van der Waals surface area contributed by atoms with Gasteiger partial charge < -0.3 is 10.2 Å². The maximum atomic E-state index is 13.0. The molecule has 1 atom stereocenters. The number of hydrogen-bond acceptors (Lipinski definition) is 3. The van der Waals surface area contributed by atoms with E-state index in [0.29, 0.717) is 18.8 Å². The highest BCUT2D eigenvalue weighted by Gasteiger charge is 2.25. The molecule has 2 aromatic carbocycles. The highest BCUT2D eigenvalue weighted by atomic mass is 79.9. The molecule has 1 N–H and O–H groups in total. The van der Waals surface area contributed by atoms with Crippen LogP contribution in [-0.4, -0.2) is 35.1 Å².